The van der Waals surface area contributed by atoms with Gasteiger partial charge in [-0.2, -0.15) is 0 Å². The number of rotatable bonds is 17. The molecule has 1 N–H and O–H groups in total. The van der Waals surface area contributed by atoms with Crippen LogP contribution in [0.3, 0.4) is 0 Å². The number of hydrogen-bond donors (Lipinski definition) is 1. The summed E-state index contributed by atoms with van der Waals surface area (Å²) in [7, 11) is -0.637. The van der Waals surface area contributed by atoms with Crippen LogP contribution in [-0.2, 0) is 25.4 Å². The van der Waals surface area contributed by atoms with Crippen molar-refractivity contribution in [2.75, 3.05) is 19.5 Å². The second kappa shape index (κ2) is 18.4. The Balaban J connectivity index is 1.62. The molecule has 4 aromatic carbocycles. The Morgan fingerprint density at radius 1 is 0.929 bits per heavy atom. The minimum atomic E-state index is -3.31. The fraction of sp³-hybridized carbons (Fsp3) is 0.310. The number of aromatic nitrogens is 2. The Bertz CT molecular complexity index is 2010. The van der Waals surface area contributed by atoms with Gasteiger partial charge in [-0.3, -0.25) is 9.18 Å². The third kappa shape index (κ3) is 8.88. The Hall–Kier alpha value is -4.10. The summed E-state index contributed by atoms with van der Waals surface area (Å²) >= 11 is 2.60. The van der Waals surface area contributed by atoms with Crippen molar-refractivity contribution in [3.63, 3.8) is 0 Å². The zero-order chi connectivity index (χ0) is 39.9. The molecule has 5 aromatic rings. The second-order valence-electron chi connectivity index (χ2n) is 14.5. The van der Waals surface area contributed by atoms with Crippen molar-refractivity contribution in [2.24, 2.45) is 11.8 Å². The van der Waals surface area contributed by atoms with Crippen LogP contribution in [0.1, 0.15) is 12.5 Å². The summed E-state index contributed by atoms with van der Waals surface area (Å²) in [5.41, 5.74) is 2.43. The van der Waals surface area contributed by atoms with Crippen LogP contribution in [0.4, 0.5) is 4.39 Å². The smallest absolute Gasteiger partial charge is 0.356 e. The number of ether oxygens (including phenoxy) is 2. The van der Waals surface area contributed by atoms with E-state index in [1.165, 1.54) is 28.0 Å². The summed E-state index contributed by atoms with van der Waals surface area (Å²) in [4.78, 5) is 31.9. The average Bonchev–Trinajstić information content (AvgIpc) is 3.73. The fourth-order valence-electron chi connectivity index (χ4n) is 7.37. The summed E-state index contributed by atoms with van der Waals surface area (Å²) < 4.78 is 34.5. The van der Waals surface area contributed by atoms with Gasteiger partial charge in [-0.1, -0.05) is 126 Å². The molecule has 0 spiro atoms. The largest absolute Gasteiger partial charge is 0.497 e. The van der Waals surface area contributed by atoms with Crippen molar-refractivity contribution >= 4 is 71.5 Å². The van der Waals surface area contributed by atoms with E-state index in [4.69, 9.17) is 13.9 Å². The lowest BCUT2D eigenvalue weighted by Gasteiger charge is -2.55. The number of likely N-dealkylation sites (tertiary alicyclic amines) is 1. The summed E-state index contributed by atoms with van der Waals surface area (Å²) in [5, 5.41) is 22.2. The van der Waals surface area contributed by atoms with E-state index >= 15 is 14.0 Å². The molecule has 1 aromatic heterocycles. The molecule has 0 bridgehead atoms. The van der Waals surface area contributed by atoms with Gasteiger partial charge in [0.05, 0.1) is 38.0 Å². The van der Waals surface area contributed by atoms with E-state index in [2.05, 4.69) is 10.2 Å². The normalized spacial score (nSPS) is 17.4. The highest BCUT2D eigenvalue weighted by molar-refractivity contribution is 8.01. The maximum absolute atomic E-state index is 15.8. The van der Waals surface area contributed by atoms with Gasteiger partial charge >= 0.3 is 5.97 Å². The fourth-order valence-corrected chi connectivity index (χ4v) is 14.6. The monoisotopic (exact) mass is 831 g/mol. The number of amides is 1. The molecule has 9 nitrogen and oxygen atoms in total. The SMILES string of the molecule is COc1ccc(COC(=O)C(N2C(=O)[C@H]([C@@H](C)O[Si](C)(C)C)[C@H]2[C@H](CF)[C@H](O)CSc2nncs2)=P(c2ccccc2)(c2ccccc2)c2ccccc2)cc1. The Labute approximate surface area is 337 Å². The summed E-state index contributed by atoms with van der Waals surface area (Å²) in [6.07, 6.45) is -1.84. The van der Waals surface area contributed by atoms with Crippen molar-refractivity contribution < 1.29 is 33.0 Å². The molecule has 0 aliphatic carbocycles. The van der Waals surface area contributed by atoms with Crippen molar-refractivity contribution in [3.8, 4) is 5.75 Å². The molecular weight excluding hydrogens is 785 g/mol. The zero-order valence-corrected chi connectivity index (χ0v) is 35.6. The third-order valence-electron chi connectivity index (χ3n) is 9.75. The molecule has 56 heavy (non-hydrogen) atoms. The Morgan fingerprint density at radius 3 is 1.95 bits per heavy atom. The van der Waals surface area contributed by atoms with Crippen LogP contribution in [0, 0.1) is 11.8 Å². The molecule has 1 aliphatic rings. The number of benzene rings is 4. The molecule has 1 saturated heterocycles. The van der Waals surface area contributed by atoms with E-state index in [0.717, 1.165) is 15.9 Å². The van der Waals surface area contributed by atoms with Gasteiger partial charge in [0.15, 0.2) is 12.7 Å². The number of aliphatic hydroxyl groups excluding tert-OH is 1. The van der Waals surface area contributed by atoms with Crippen LogP contribution in [0.25, 0.3) is 0 Å². The number of thioether (sulfide) groups is 1. The first-order chi connectivity index (χ1) is 27.0. The van der Waals surface area contributed by atoms with E-state index in [0.29, 0.717) is 15.7 Å². The summed E-state index contributed by atoms with van der Waals surface area (Å²) in [5.74, 6) is -2.27. The number of carbonyl (C=O) groups is 2. The molecule has 1 aliphatic heterocycles. The minimum absolute atomic E-state index is 0.0936. The van der Waals surface area contributed by atoms with Crippen molar-refractivity contribution in [1.82, 2.24) is 15.1 Å². The predicted molar refractivity (Wildman–Crippen MR) is 227 cm³/mol. The van der Waals surface area contributed by atoms with E-state index in [1.54, 1.807) is 24.8 Å². The number of β-lactam (4-membered cyclic amide) rings is 1. The van der Waals surface area contributed by atoms with E-state index in [-0.39, 0.29) is 23.7 Å². The summed E-state index contributed by atoms with van der Waals surface area (Å²) in [6.45, 7) is 3.57. The predicted octanol–water partition coefficient (Wildman–Crippen LogP) is 6.52. The van der Waals surface area contributed by atoms with E-state index in [9.17, 15) is 5.11 Å². The molecule has 294 valence electrons. The van der Waals surface area contributed by atoms with Gasteiger partial charge < -0.3 is 23.9 Å². The standard InChI is InChI=1S/C42H47FN3O6PS2Si/c1-29(52-56(3,4)5)37-38(35(25-43)36(47)27-54-42-45-44-28-55-42)46(39(37)48)40(41(49)51-26-30-21-23-31(50-2)24-22-30)53(32-15-9-6-10-16-32,33-17-11-7-12-18-33)34-19-13-8-14-20-34/h6-24,28-29,35-38,47H,25-27H2,1-5H3/t29-,35-,36-,37-,38-/m1/s1. The van der Waals surface area contributed by atoms with Crippen LogP contribution in [0.2, 0.25) is 19.6 Å². The van der Waals surface area contributed by atoms with Gasteiger partial charge in [0.2, 0.25) is 5.91 Å². The number of hydrogen-bond acceptors (Lipinski definition) is 10. The Morgan fingerprint density at radius 2 is 1.48 bits per heavy atom. The quantitative estimate of drug-likeness (QED) is 0.0369. The van der Waals surface area contributed by atoms with Crippen LogP contribution < -0.4 is 20.7 Å². The molecule has 14 heteroatoms. The van der Waals surface area contributed by atoms with Crippen LogP contribution >= 0.6 is 30.0 Å². The second-order valence-corrected chi connectivity index (χ2v) is 24.4. The molecule has 6 rings (SSSR count). The first-order valence-corrected chi connectivity index (χ1v) is 25.4. The zero-order valence-electron chi connectivity index (χ0n) is 32.0. The first-order valence-electron chi connectivity index (χ1n) is 18.4. The topological polar surface area (TPSA) is 111 Å². The van der Waals surface area contributed by atoms with E-state index < -0.39 is 57.9 Å². The highest BCUT2D eigenvalue weighted by Gasteiger charge is 2.59. The number of methoxy groups -OCH3 is 1. The lowest BCUT2D eigenvalue weighted by atomic mass is 9.74. The van der Waals surface area contributed by atoms with Gasteiger partial charge in [-0.05, 0) is 60.2 Å². The summed E-state index contributed by atoms with van der Waals surface area (Å²) in [6, 6.07) is 35.3. The number of aliphatic hydroxyl groups is 1. The number of esters is 1. The molecule has 0 radical (unpaired) electrons. The maximum atomic E-state index is 15.8. The molecule has 1 amide bonds. The Kier molecular flexibility index (Phi) is 13.7. The minimum Gasteiger partial charge on any atom is -0.497 e. The highest BCUT2D eigenvalue weighted by atomic mass is 32.2. The van der Waals surface area contributed by atoms with Gasteiger partial charge in [-0.15, -0.1) is 10.2 Å². The maximum Gasteiger partial charge on any atom is 0.356 e. The van der Waals surface area contributed by atoms with Crippen LogP contribution in [0.5, 0.6) is 5.75 Å². The van der Waals surface area contributed by atoms with Crippen LogP contribution in [0.15, 0.2) is 125 Å². The number of nitrogens with zero attached hydrogens (tertiary/aromatic N) is 3. The van der Waals surface area contributed by atoms with Crippen molar-refractivity contribution in [2.45, 2.75) is 55.8 Å². The highest BCUT2D eigenvalue weighted by Crippen LogP contribution is 2.51. The lowest BCUT2D eigenvalue weighted by molar-refractivity contribution is -0.163. The number of halogens is 1. The van der Waals surface area contributed by atoms with E-state index in [1.807, 2.05) is 130 Å². The molecular formula is C42H47FN3O6PS2Si. The van der Waals surface area contributed by atoms with Gasteiger partial charge in [0, 0.05) is 18.6 Å². The number of carbonyl (C=O) groups excluding carboxylic acids is 2. The molecule has 5 atom stereocenters. The van der Waals surface area contributed by atoms with Crippen molar-refractivity contribution in [1.29, 1.82) is 0 Å². The molecule has 1 fully saturated rings. The van der Waals surface area contributed by atoms with Crippen LogP contribution in [-0.4, -0.2) is 83.6 Å². The van der Waals surface area contributed by atoms with Gasteiger partial charge in [0.1, 0.15) is 23.3 Å². The van der Waals surface area contributed by atoms with Gasteiger partial charge in [-0.25, -0.2) is 4.79 Å². The molecule has 0 saturated carbocycles. The first kappa shape index (κ1) is 41.5. The number of alkyl halides is 1. The third-order valence-corrected chi connectivity index (χ3v) is 17.0. The van der Waals surface area contributed by atoms with Gasteiger partial charge in [0.25, 0.3) is 0 Å². The molecule has 2 heterocycles. The average molecular weight is 832 g/mol. The van der Waals surface area contributed by atoms with Crippen molar-refractivity contribution in [3.05, 3.63) is 126 Å². The molecule has 0 unspecified atom stereocenters. The lowest BCUT2D eigenvalue weighted by Crippen LogP contribution is -2.72.